The Hall–Kier alpha value is -0.580. The number of amides is 1. The van der Waals surface area contributed by atoms with Crippen LogP contribution in [0.4, 0.5) is 5.69 Å². The van der Waals surface area contributed by atoms with Gasteiger partial charge in [-0.25, -0.2) is 0 Å². The molecule has 1 aliphatic rings. The van der Waals surface area contributed by atoms with E-state index in [0.717, 1.165) is 36.1 Å². The maximum Gasteiger partial charge on any atom is 0.228 e. The molecule has 0 radical (unpaired) electrons. The smallest absolute Gasteiger partial charge is 0.228 e. The van der Waals surface area contributed by atoms with Gasteiger partial charge in [-0.2, -0.15) is 0 Å². The second-order valence-corrected chi connectivity index (χ2v) is 5.33. The highest BCUT2D eigenvalue weighted by molar-refractivity contribution is 9.10. The molecular formula is C12H14BrClN2O. The molecule has 0 bridgehead atoms. The molecule has 1 saturated heterocycles. The Morgan fingerprint density at radius 1 is 1.53 bits per heavy atom. The molecule has 17 heavy (non-hydrogen) atoms. The minimum atomic E-state index is 0.0506. The van der Waals surface area contributed by atoms with Crippen LogP contribution in [0.25, 0.3) is 0 Å². The molecule has 92 valence electrons. The highest BCUT2D eigenvalue weighted by Gasteiger charge is 2.21. The van der Waals surface area contributed by atoms with Gasteiger partial charge in [0.05, 0.1) is 21.1 Å². The normalized spacial score (nSPS) is 20.0. The van der Waals surface area contributed by atoms with Crippen LogP contribution >= 0.6 is 27.5 Å². The number of carbonyl (C=O) groups is 1. The quantitative estimate of drug-likeness (QED) is 0.880. The standard InChI is InChI=1S/C12H14BrClN2O/c13-11-9(14)4-1-5-10(11)16-12(17)8-3-2-6-15-7-8/h1,4-5,8,15H,2-3,6-7H2,(H,16,17)/t8-/m0/s1. The number of carbonyl (C=O) groups excluding carboxylic acids is 1. The third kappa shape index (κ3) is 3.21. The van der Waals surface area contributed by atoms with Crippen LogP contribution in [0.2, 0.25) is 5.02 Å². The first-order valence-electron chi connectivity index (χ1n) is 5.64. The number of anilines is 1. The van der Waals surface area contributed by atoms with Gasteiger partial charge >= 0.3 is 0 Å². The van der Waals surface area contributed by atoms with Crippen LogP contribution in [-0.4, -0.2) is 19.0 Å². The Kier molecular flexibility index (Phi) is 4.42. The highest BCUT2D eigenvalue weighted by Crippen LogP contribution is 2.30. The highest BCUT2D eigenvalue weighted by atomic mass is 79.9. The Bertz CT molecular complexity index is 419. The largest absolute Gasteiger partial charge is 0.325 e. The van der Waals surface area contributed by atoms with E-state index in [4.69, 9.17) is 11.6 Å². The van der Waals surface area contributed by atoms with Crippen LogP contribution in [-0.2, 0) is 4.79 Å². The van der Waals surface area contributed by atoms with Crippen LogP contribution < -0.4 is 10.6 Å². The van der Waals surface area contributed by atoms with Gasteiger partial charge in [-0.05, 0) is 47.4 Å². The summed E-state index contributed by atoms with van der Waals surface area (Å²) in [6.45, 7) is 1.76. The SMILES string of the molecule is O=C(Nc1cccc(Cl)c1Br)[C@H]1CCCNC1. The van der Waals surface area contributed by atoms with Crippen molar-refractivity contribution in [3.8, 4) is 0 Å². The zero-order valence-electron chi connectivity index (χ0n) is 9.30. The van der Waals surface area contributed by atoms with Crippen molar-refractivity contribution in [2.75, 3.05) is 18.4 Å². The Balaban J connectivity index is 2.04. The summed E-state index contributed by atoms with van der Waals surface area (Å²) < 4.78 is 0.735. The van der Waals surface area contributed by atoms with Gasteiger partial charge in [0.2, 0.25) is 5.91 Å². The van der Waals surface area contributed by atoms with Gasteiger partial charge in [0, 0.05) is 6.54 Å². The number of rotatable bonds is 2. The van der Waals surface area contributed by atoms with Crippen LogP contribution in [0.15, 0.2) is 22.7 Å². The van der Waals surface area contributed by atoms with Gasteiger partial charge < -0.3 is 10.6 Å². The van der Waals surface area contributed by atoms with E-state index < -0.39 is 0 Å². The van der Waals surface area contributed by atoms with E-state index >= 15 is 0 Å². The lowest BCUT2D eigenvalue weighted by atomic mass is 9.99. The van der Waals surface area contributed by atoms with Crippen molar-refractivity contribution in [2.24, 2.45) is 5.92 Å². The summed E-state index contributed by atoms with van der Waals surface area (Å²) in [7, 11) is 0. The molecular weight excluding hydrogens is 304 g/mol. The molecule has 0 saturated carbocycles. The van der Waals surface area contributed by atoms with E-state index in [2.05, 4.69) is 26.6 Å². The number of hydrogen-bond acceptors (Lipinski definition) is 2. The van der Waals surface area contributed by atoms with Crippen molar-refractivity contribution in [1.82, 2.24) is 5.32 Å². The van der Waals surface area contributed by atoms with Gasteiger partial charge in [0.15, 0.2) is 0 Å². The fourth-order valence-electron chi connectivity index (χ4n) is 1.91. The summed E-state index contributed by atoms with van der Waals surface area (Å²) >= 11 is 9.34. The van der Waals surface area contributed by atoms with E-state index in [9.17, 15) is 4.79 Å². The molecule has 5 heteroatoms. The topological polar surface area (TPSA) is 41.1 Å². The molecule has 1 atom stereocenters. The average molecular weight is 318 g/mol. The first-order chi connectivity index (χ1) is 8.18. The summed E-state index contributed by atoms with van der Waals surface area (Å²) in [5, 5.41) is 6.74. The van der Waals surface area contributed by atoms with Crippen molar-refractivity contribution < 1.29 is 4.79 Å². The molecule has 1 aliphatic heterocycles. The molecule has 1 aromatic carbocycles. The molecule has 1 heterocycles. The lowest BCUT2D eigenvalue weighted by Crippen LogP contribution is -2.37. The first kappa shape index (κ1) is 12.9. The van der Waals surface area contributed by atoms with Crippen molar-refractivity contribution in [2.45, 2.75) is 12.8 Å². The predicted octanol–water partition coefficient (Wildman–Crippen LogP) is 3.04. The zero-order valence-corrected chi connectivity index (χ0v) is 11.6. The lowest BCUT2D eigenvalue weighted by Gasteiger charge is -2.22. The van der Waals surface area contributed by atoms with E-state index in [1.54, 1.807) is 6.07 Å². The average Bonchev–Trinajstić information content (AvgIpc) is 2.36. The number of nitrogens with one attached hydrogen (secondary N) is 2. The molecule has 2 N–H and O–H groups in total. The number of hydrogen-bond donors (Lipinski definition) is 2. The summed E-state index contributed by atoms with van der Waals surface area (Å²) in [6, 6.07) is 5.44. The van der Waals surface area contributed by atoms with Gasteiger partial charge in [-0.3, -0.25) is 4.79 Å². The number of piperidine rings is 1. The lowest BCUT2D eigenvalue weighted by molar-refractivity contribution is -0.120. The minimum absolute atomic E-state index is 0.0506. The first-order valence-corrected chi connectivity index (χ1v) is 6.81. The molecule has 2 rings (SSSR count). The van der Waals surface area contributed by atoms with Crippen LogP contribution in [0.3, 0.4) is 0 Å². The van der Waals surface area contributed by atoms with E-state index in [1.165, 1.54) is 0 Å². The fraction of sp³-hybridized carbons (Fsp3) is 0.417. The van der Waals surface area contributed by atoms with Crippen molar-refractivity contribution >= 4 is 39.1 Å². The van der Waals surface area contributed by atoms with E-state index in [-0.39, 0.29) is 11.8 Å². The minimum Gasteiger partial charge on any atom is -0.325 e. The van der Waals surface area contributed by atoms with Crippen molar-refractivity contribution in [3.63, 3.8) is 0 Å². The Labute approximate surface area is 114 Å². The maximum absolute atomic E-state index is 12.0. The molecule has 1 fully saturated rings. The van der Waals surface area contributed by atoms with E-state index in [0.29, 0.717) is 5.02 Å². The molecule has 3 nitrogen and oxygen atoms in total. The van der Waals surface area contributed by atoms with Crippen LogP contribution in [0, 0.1) is 5.92 Å². The molecule has 1 amide bonds. The summed E-state index contributed by atoms with van der Waals surface area (Å²) in [4.78, 5) is 12.0. The molecule has 0 unspecified atom stereocenters. The summed E-state index contributed by atoms with van der Waals surface area (Å²) in [5.41, 5.74) is 0.730. The third-order valence-electron chi connectivity index (χ3n) is 2.88. The molecule has 1 aromatic rings. The Morgan fingerprint density at radius 3 is 3.06 bits per heavy atom. The zero-order chi connectivity index (χ0) is 12.3. The fourth-order valence-corrected chi connectivity index (χ4v) is 2.45. The molecule has 0 aliphatic carbocycles. The van der Waals surface area contributed by atoms with Crippen LogP contribution in [0.1, 0.15) is 12.8 Å². The number of benzene rings is 1. The van der Waals surface area contributed by atoms with Gasteiger partial charge in [0.1, 0.15) is 0 Å². The van der Waals surface area contributed by atoms with Gasteiger partial charge in [-0.1, -0.05) is 17.7 Å². The second-order valence-electron chi connectivity index (χ2n) is 4.13. The van der Waals surface area contributed by atoms with E-state index in [1.807, 2.05) is 12.1 Å². The summed E-state index contributed by atoms with van der Waals surface area (Å²) in [6.07, 6.45) is 1.99. The summed E-state index contributed by atoms with van der Waals surface area (Å²) in [5.74, 6) is 0.106. The second kappa shape index (κ2) is 5.85. The molecule has 0 spiro atoms. The van der Waals surface area contributed by atoms with Crippen molar-refractivity contribution in [1.29, 1.82) is 0 Å². The predicted molar refractivity (Wildman–Crippen MR) is 73.4 cm³/mol. The van der Waals surface area contributed by atoms with Crippen molar-refractivity contribution in [3.05, 3.63) is 27.7 Å². The molecule has 0 aromatic heterocycles. The third-order valence-corrected chi connectivity index (χ3v) is 4.27. The number of halogens is 2. The maximum atomic E-state index is 12.0. The van der Waals surface area contributed by atoms with Gasteiger partial charge in [0.25, 0.3) is 0 Å². The van der Waals surface area contributed by atoms with Gasteiger partial charge in [-0.15, -0.1) is 0 Å². The van der Waals surface area contributed by atoms with Crippen LogP contribution in [0.5, 0.6) is 0 Å². The monoisotopic (exact) mass is 316 g/mol. The Morgan fingerprint density at radius 2 is 2.35 bits per heavy atom.